The SMILES string of the molecule is COc1cc(C)c(F)c2cc(C(C)C)sc12. The fourth-order valence-corrected chi connectivity index (χ4v) is 2.88. The van der Waals surface area contributed by atoms with Gasteiger partial charge in [0.2, 0.25) is 0 Å². The molecule has 2 rings (SSSR count). The maximum atomic E-state index is 13.9. The maximum absolute atomic E-state index is 13.9. The second-order valence-electron chi connectivity index (χ2n) is 4.26. The van der Waals surface area contributed by atoms with Crippen LogP contribution in [0.15, 0.2) is 12.1 Å². The summed E-state index contributed by atoms with van der Waals surface area (Å²) in [7, 11) is 1.63. The summed E-state index contributed by atoms with van der Waals surface area (Å²) in [6, 6.07) is 3.70. The van der Waals surface area contributed by atoms with E-state index in [-0.39, 0.29) is 5.82 Å². The van der Waals surface area contributed by atoms with Crippen LogP contribution < -0.4 is 4.74 Å². The van der Waals surface area contributed by atoms with Gasteiger partial charge in [-0.25, -0.2) is 4.39 Å². The highest BCUT2D eigenvalue weighted by Crippen LogP contribution is 2.39. The van der Waals surface area contributed by atoms with E-state index in [1.54, 1.807) is 31.4 Å². The average molecular weight is 238 g/mol. The molecular formula is C13H15FOS. The number of methoxy groups -OCH3 is 1. The zero-order valence-electron chi connectivity index (χ0n) is 9.93. The highest BCUT2D eigenvalue weighted by Gasteiger charge is 2.15. The number of aryl methyl sites for hydroxylation is 1. The third kappa shape index (κ3) is 1.69. The summed E-state index contributed by atoms with van der Waals surface area (Å²) < 4.78 is 20.2. The third-order valence-corrected chi connectivity index (χ3v) is 4.14. The van der Waals surface area contributed by atoms with E-state index < -0.39 is 0 Å². The number of benzene rings is 1. The van der Waals surface area contributed by atoms with Gasteiger partial charge in [0.1, 0.15) is 11.6 Å². The molecule has 0 aliphatic carbocycles. The van der Waals surface area contributed by atoms with Crippen LogP contribution in [-0.4, -0.2) is 7.11 Å². The standard InChI is InChI=1S/C13H15FOS/c1-7(2)11-6-9-12(14)8(3)5-10(15-4)13(9)16-11/h5-7H,1-4H3. The summed E-state index contributed by atoms with van der Waals surface area (Å²) in [5.74, 6) is 1.06. The van der Waals surface area contributed by atoms with Crippen molar-refractivity contribution in [2.24, 2.45) is 0 Å². The zero-order chi connectivity index (χ0) is 11.9. The van der Waals surface area contributed by atoms with Crippen molar-refractivity contribution in [3.63, 3.8) is 0 Å². The van der Waals surface area contributed by atoms with E-state index in [2.05, 4.69) is 13.8 Å². The highest BCUT2D eigenvalue weighted by atomic mass is 32.1. The molecule has 0 bridgehead atoms. The Morgan fingerprint density at radius 2 is 2.00 bits per heavy atom. The molecule has 3 heteroatoms. The van der Waals surface area contributed by atoms with Crippen molar-refractivity contribution < 1.29 is 9.13 Å². The molecule has 0 radical (unpaired) electrons. The van der Waals surface area contributed by atoms with Crippen LogP contribution in [0, 0.1) is 12.7 Å². The van der Waals surface area contributed by atoms with Crippen molar-refractivity contribution in [3.8, 4) is 5.75 Å². The number of fused-ring (bicyclic) bond motifs is 1. The molecule has 0 fully saturated rings. The highest BCUT2D eigenvalue weighted by molar-refractivity contribution is 7.19. The van der Waals surface area contributed by atoms with Crippen molar-refractivity contribution in [3.05, 3.63) is 28.4 Å². The molecule has 0 amide bonds. The van der Waals surface area contributed by atoms with Crippen molar-refractivity contribution in [1.29, 1.82) is 0 Å². The monoisotopic (exact) mass is 238 g/mol. The van der Waals surface area contributed by atoms with Gasteiger partial charge in [0.05, 0.1) is 11.8 Å². The van der Waals surface area contributed by atoms with E-state index in [1.807, 2.05) is 6.07 Å². The van der Waals surface area contributed by atoms with Crippen LogP contribution in [0.3, 0.4) is 0 Å². The first-order valence-corrected chi connectivity index (χ1v) is 6.12. The Morgan fingerprint density at radius 1 is 1.31 bits per heavy atom. The van der Waals surface area contributed by atoms with Gasteiger partial charge in [-0.3, -0.25) is 0 Å². The number of thiophene rings is 1. The fourth-order valence-electron chi connectivity index (χ4n) is 1.73. The fraction of sp³-hybridized carbons (Fsp3) is 0.385. The minimum absolute atomic E-state index is 0.126. The van der Waals surface area contributed by atoms with Gasteiger partial charge in [-0.2, -0.15) is 0 Å². The maximum Gasteiger partial charge on any atom is 0.137 e. The Hall–Kier alpha value is -1.09. The Balaban J connectivity index is 2.78. The van der Waals surface area contributed by atoms with Crippen LogP contribution in [0.2, 0.25) is 0 Å². The Morgan fingerprint density at radius 3 is 2.56 bits per heavy atom. The van der Waals surface area contributed by atoms with Gasteiger partial charge in [0.15, 0.2) is 0 Å². The van der Waals surface area contributed by atoms with Crippen LogP contribution in [-0.2, 0) is 0 Å². The summed E-state index contributed by atoms with van der Waals surface area (Å²) in [4.78, 5) is 1.19. The van der Waals surface area contributed by atoms with Crippen molar-refractivity contribution in [2.45, 2.75) is 26.7 Å². The predicted octanol–water partition coefficient (Wildman–Crippen LogP) is 4.48. The van der Waals surface area contributed by atoms with E-state index in [9.17, 15) is 4.39 Å². The molecular weight excluding hydrogens is 223 g/mol. The smallest absolute Gasteiger partial charge is 0.137 e. The van der Waals surface area contributed by atoms with Crippen molar-refractivity contribution in [2.75, 3.05) is 7.11 Å². The lowest BCUT2D eigenvalue weighted by Crippen LogP contribution is -1.88. The lowest BCUT2D eigenvalue weighted by molar-refractivity contribution is 0.419. The minimum Gasteiger partial charge on any atom is -0.495 e. The first-order chi connectivity index (χ1) is 7.54. The predicted molar refractivity (Wildman–Crippen MR) is 67.2 cm³/mol. The van der Waals surface area contributed by atoms with E-state index in [0.717, 1.165) is 10.4 Å². The third-order valence-electron chi connectivity index (χ3n) is 2.69. The van der Waals surface area contributed by atoms with Gasteiger partial charge in [0, 0.05) is 10.3 Å². The number of rotatable bonds is 2. The van der Waals surface area contributed by atoms with E-state index in [0.29, 0.717) is 16.9 Å². The van der Waals surface area contributed by atoms with Gasteiger partial charge in [-0.05, 0) is 30.5 Å². The van der Waals surface area contributed by atoms with Crippen LogP contribution in [0.25, 0.3) is 10.1 Å². The molecule has 1 heterocycles. The summed E-state index contributed by atoms with van der Waals surface area (Å²) in [6.45, 7) is 5.99. The number of halogens is 1. The number of hydrogen-bond donors (Lipinski definition) is 0. The molecule has 0 unspecified atom stereocenters. The molecule has 2 aromatic rings. The molecule has 0 saturated heterocycles. The van der Waals surface area contributed by atoms with Crippen LogP contribution >= 0.6 is 11.3 Å². The lowest BCUT2D eigenvalue weighted by atomic mass is 10.1. The molecule has 0 atom stereocenters. The zero-order valence-corrected chi connectivity index (χ0v) is 10.7. The van der Waals surface area contributed by atoms with Gasteiger partial charge < -0.3 is 4.74 Å². The quantitative estimate of drug-likeness (QED) is 0.749. The number of ether oxygens (including phenoxy) is 1. The molecule has 1 aromatic heterocycles. The summed E-state index contributed by atoms with van der Waals surface area (Å²) in [5, 5.41) is 0.686. The Kier molecular flexibility index (Phi) is 2.89. The Bertz CT molecular complexity index is 528. The Labute approximate surface area is 98.9 Å². The normalized spacial score (nSPS) is 11.4. The van der Waals surface area contributed by atoms with Crippen LogP contribution in [0.5, 0.6) is 5.75 Å². The minimum atomic E-state index is -0.126. The van der Waals surface area contributed by atoms with E-state index in [1.165, 1.54) is 4.88 Å². The summed E-state index contributed by atoms with van der Waals surface area (Å²) in [6.07, 6.45) is 0. The van der Waals surface area contributed by atoms with E-state index in [4.69, 9.17) is 4.74 Å². The molecule has 86 valence electrons. The largest absolute Gasteiger partial charge is 0.495 e. The lowest BCUT2D eigenvalue weighted by Gasteiger charge is -2.04. The summed E-state index contributed by atoms with van der Waals surface area (Å²) in [5.41, 5.74) is 0.637. The molecule has 0 saturated carbocycles. The van der Waals surface area contributed by atoms with Gasteiger partial charge in [-0.15, -0.1) is 11.3 Å². The molecule has 0 spiro atoms. The van der Waals surface area contributed by atoms with Crippen molar-refractivity contribution in [1.82, 2.24) is 0 Å². The second kappa shape index (κ2) is 4.06. The topological polar surface area (TPSA) is 9.23 Å². The van der Waals surface area contributed by atoms with Gasteiger partial charge in [0.25, 0.3) is 0 Å². The van der Waals surface area contributed by atoms with Gasteiger partial charge in [-0.1, -0.05) is 13.8 Å². The molecule has 0 aliphatic rings. The summed E-state index contributed by atoms with van der Waals surface area (Å²) >= 11 is 1.61. The van der Waals surface area contributed by atoms with Crippen LogP contribution in [0.1, 0.15) is 30.2 Å². The molecule has 1 nitrogen and oxygen atoms in total. The average Bonchev–Trinajstić information content (AvgIpc) is 2.68. The first kappa shape index (κ1) is 11.4. The van der Waals surface area contributed by atoms with Crippen molar-refractivity contribution >= 4 is 21.4 Å². The molecule has 0 aliphatic heterocycles. The molecule has 1 aromatic carbocycles. The second-order valence-corrected chi connectivity index (χ2v) is 5.34. The van der Waals surface area contributed by atoms with Gasteiger partial charge >= 0.3 is 0 Å². The number of hydrogen-bond acceptors (Lipinski definition) is 2. The first-order valence-electron chi connectivity index (χ1n) is 5.31. The van der Waals surface area contributed by atoms with Crippen LogP contribution in [0.4, 0.5) is 4.39 Å². The molecule has 16 heavy (non-hydrogen) atoms. The van der Waals surface area contributed by atoms with E-state index >= 15 is 0 Å². The molecule has 0 N–H and O–H groups in total.